The summed E-state index contributed by atoms with van der Waals surface area (Å²) < 4.78 is 41.5. The second-order valence-electron chi connectivity index (χ2n) is 3.21. The van der Waals surface area contributed by atoms with E-state index in [1.54, 1.807) is 0 Å². The van der Waals surface area contributed by atoms with E-state index in [-0.39, 0.29) is 5.75 Å². The Morgan fingerprint density at radius 1 is 1.56 bits per heavy atom. The first-order valence-electron chi connectivity index (χ1n) is 4.40. The van der Waals surface area contributed by atoms with E-state index in [4.69, 9.17) is 0 Å². The molecule has 2 atom stereocenters. The Morgan fingerprint density at radius 3 is 2.69 bits per heavy atom. The molecule has 1 heterocycles. The number of alkyl halides is 3. The van der Waals surface area contributed by atoms with Crippen molar-refractivity contribution in [2.75, 3.05) is 12.9 Å². The number of esters is 1. The highest BCUT2D eigenvalue weighted by Crippen LogP contribution is 2.34. The highest BCUT2D eigenvalue weighted by molar-refractivity contribution is 8.00. The van der Waals surface area contributed by atoms with E-state index in [1.807, 2.05) is 0 Å². The van der Waals surface area contributed by atoms with Crippen molar-refractivity contribution < 1.29 is 27.5 Å². The van der Waals surface area contributed by atoms with E-state index in [9.17, 15) is 22.8 Å². The quantitative estimate of drug-likeness (QED) is 0.703. The van der Waals surface area contributed by atoms with Gasteiger partial charge in [0.05, 0.1) is 7.11 Å². The Bertz CT molecular complexity index is 295. The van der Waals surface area contributed by atoms with Crippen LogP contribution in [0.3, 0.4) is 0 Å². The molecule has 1 N–H and O–H groups in total. The predicted octanol–water partition coefficient (Wildman–Crippen LogP) is 0.712. The van der Waals surface area contributed by atoms with Gasteiger partial charge < -0.3 is 10.1 Å². The molecule has 0 aromatic heterocycles. The van der Waals surface area contributed by atoms with E-state index >= 15 is 0 Å². The molecule has 92 valence electrons. The molecule has 0 saturated carbocycles. The molecule has 0 unspecified atom stereocenters. The molecule has 0 aliphatic carbocycles. The fraction of sp³-hybridized carbons (Fsp3) is 0.750. The molecule has 1 saturated heterocycles. The topological polar surface area (TPSA) is 55.4 Å². The number of carbonyl (C=O) groups excluding carboxylic acids is 2. The maximum atomic E-state index is 12.4. The number of methoxy groups -OCH3 is 1. The second-order valence-corrected chi connectivity index (χ2v) is 4.45. The molecule has 0 aromatic rings. The van der Waals surface area contributed by atoms with Crippen LogP contribution in [0.1, 0.15) is 6.42 Å². The van der Waals surface area contributed by atoms with Crippen LogP contribution in [0.5, 0.6) is 0 Å². The first kappa shape index (κ1) is 13.1. The Kier molecular flexibility index (Phi) is 4.06. The summed E-state index contributed by atoms with van der Waals surface area (Å²) in [7, 11) is 1.12. The van der Waals surface area contributed by atoms with Crippen molar-refractivity contribution in [1.82, 2.24) is 5.32 Å². The van der Waals surface area contributed by atoms with Gasteiger partial charge in [0.1, 0.15) is 11.3 Å². The normalized spacial score (nSPS) is 26.9. The van der Waals surface area contributed by atoms with Gasteiger partial charge in [-0.05, 0) is 0 Å². The zero-order valence-corrected chi connectivity index (χ0v) is 9.15. The molecule has 4 nitrogen and oxygen atoms in total. The number of hydrogen-bond acceptors (Lipinski definition) is 4. The lowest BCUT2D eigenvalue weighted by atomic mass is 10.2. The molecular weight excluding hydrogens is 247 g/mol. The smallest absolute Gasteiger partial charge is 0.401 e. The number of rotatable bonds is 1. The number of amides is 1. The fourth-order valence-electron chi connectivity index (χ4n) is 1.21. The lowest BCUT2D eigenvalue weighted by molar-refractivity contribution is -0.145. The average molecular weight is 257 g/mol. The number of nitrogens with one attached hydrogen (secondary N) is 1. The molecule has 0 aromatic carbocycles. The molecule has 16 heavy (non-hydrogen) atoms. The lowest BCUT2D eigenvalue weighted by Crippen LogP contribution is -2.42. The molecule has 0 spiro atoms. The third kappa shape index (κ3) is 3.29. The van der Waals surface area contributed by atoms with Crippen molar-refractivity contribution in [1.29, 1.82) is 0 Å². The number of carbonyl (C=O) groups is 2. The standard InChI is InChI=1S/C8H10F3NO3S/c1-15-7(14)4-3-16-5(8(9,10)11)2-6(13)12-4/h4-5H,2-3H2,1H3,(H,12,13)/t4-,5-/m1/s1. The minimum Gasteiger partial charge on any atom is -0.467 e. The second kappa shape index (κ2) is 4.94. The van der Waals surface area contributed by atoms with E-state index in [1.165, 1.54) is 0 Å². The van der Waals surface area contributed by atoms with E-state index < -0.39 is 35.8 Å². The number of thioether (sulfide) groups is 1. The Morgan fingerprint density at radius 2 is 2.19 bits per heavy atom. The van der Waals surface area contributed by atoms with Crippen molar-refractivity contribution in [2.45, 2.75) is 23.9 Å². The minimum absolute atomic E-state index is 0.136. The van der Waals surface area contributed by atoms with Crippen LogP contribution in [0.2, 0.25) is 0 Å². The van der Waals surface area contributed by atoms with Gasteiger partial charge >= 0.3 is 12.1 Å². The summed E-state index contributed by atoms with van der Waals surface area (Å²) in [4.78, 5) is 22.2. The molecule has 1 aliphatic heterocycles. The number of halogens is 3. The van der Waals surface area contributed by atoms with Crippen molar-refractivity contribution in [3.63, 3.8) is 0 Å². The molecule has 0 bridgehead atoms. The van der Waals surface area contributed by atoms with Gasteiger partial charge in [0, 0.05) is 12.2 Å². The Balaban J connectivity index is 2.70. The SMILES string of the molecule is COC(=O)[C@H]1CS[C@@H](C(F)(F)F)CC(=O)N1. The third-order valence-electron chi connectivity index (χ3n) is 2.02. The predicted molar refractivity (Wildman–Crippen MR) is 50.9 cm³/mol. The number of ether oxygens (including phenoxy) is 1. The van der Waals surface area contributed by atoms with Crippen LogP contribution in [0.15, 0.2) is 0 Å². The summed E-state index contributed by atoms with van der Waals surface area (Å²) in [5, 5.41) is 0.435. The lowest BCUT2D eigenvalue weighted by Gasteiger charge is -2.16. The van der Waals surface area contributed by atoms with Crippen LogP contribution in [0.4, 0.5) is 13.2 Å². The van der Waals surface area contributed by atoms with Gasteiger partial charge in [-0.1, -0.05) is 0 Å². The highest BCUT2D eigenvalue weighted by atomic mass is 32.2. The molecular formula is C8H10F3NO3S. The van der Waals surface area contributed by atoms with Crippen LogP contribution in [-0.4, -0.2) is 42.2 Å². The largest absolute Gasteiger partial charge is 0.467 e. The summed E-state index contributed by atoms with van der Waals surface area (Å²) in [6.07, 6.45) is -5.10. The maximum absolute atomic E-state index is 12.4. The minimum atomic E-state index is -4.44. The molecule has 1 amide bonds. The molecule has 1 aliphatic rings. The molecule has 1 rings (SSSR count). The molecule has 0 radical (unpaired) electrons. The van der Waals surface area contributed by atoms with Gasteiger partial charge in [-0.2, -0.15) is 13.2 Å². The van der Waals surface area contributed by atoms with Gasteiger partial charge in [0.25, 0.3) is 0 Å². The first-order chi connectivity index (χ1) is 7.34. The monoisotopic (exact) mass is 257 g/mol. The van der Waals surface area contributed by atoms with Crippen molar-refractivity contribution >= 4 is 23.6 Å². The summed E-state index contributed by atoms with van der Waals surface area (Å²) >= 11 is 0.537. The summed E-state index contributed by atoms with van der Waals surface area (Å²) in [5.41, 5.74) is 0. The van der Waals surface area contributed by atoms with Crippen LogP contribution in [-0.2, 0) is 14.3 Å². The summed E-state index contributed by atoms with van der Waals surface area (Å²) in [6, 6.07) is -1.00. The summed E-state index contributed by atoms with van der Waals surface area (Å²) in [6.45, 7) is 0. The average Bonchev–Trinajstić information content (AvgIpc) is 2.38. The molecule has 1 fully saturated rings. The molecule has 8 heteroatoms. The van der Waals surface area contributed by atoms with E-state index in [0.29, 0.717) is 11.8 Å². The van der Waals surface area contributed by atoms with Gasteiger partial charge in [-0.25, -0.2) is 4.79 Å². The maximum Gasteiger partial charge on any atom is 0.401 e. The van der Waals surface area contributed by atoms with Crippen LogP contribution in [0.25, 0.3) is 0 Å². The number of hydrogen-bond donors (Lipinski definition) is 1. The van der Waals surface area contributed by atoms with Gasteiger partial charge in [0.15, 0.2) is 0 Å². The van der Waals surface area contributed by atoms with Crippen LogP contribution >= 0.6 is 11.8 Å². The van der Waals surface area contributed by atoms with Crippen LogP contribution < -0.4 is 5.32 Å². The Labute approximate surface area is 93.9 Å². The Hall–Kier alpha value is -0.920. The highest BCUT2D eigenvalue weighted by Gasteiger charge is 2.44. The van der Waals surface area contributed by atoms with Crippen molar-refractivity contribution in [3.05, 3.63) is 0 Å². The zero-order chi connectivity index (χ0) is 12.3. The summed E-state index contributed by atoms with van der Waals surface area (Å²) in [5.74, 6) is -1.66. The van der Waals surface area contributed by atoms with E-state index in [2.05, 4.69) is 10.1 Å². The van der Waals surface area contributed by atoms with Crippen LogP contribution in [0, 0.1) is 0 Å². The van der Waals surface area contributed by atoms with Crippen molar-refractivity contribution in [3.8, 4) is 0 Å². The van der Waals surface area contributed by atoms with E-state index in [0.717, 1.165) is 7.11 Å². The van der Waals surface area contributed by atoms with Gasteiger partial charge in [-0.3, -0.25) is 4.79 Å². The third-order valence-corrected chi connectivity index (χ3v) is 3.38. The van der Waals surface area contributed by atoms with Gasteiger partial charge in [-0.15, -0.1) is 11.8 Å². The zero-order valence-electron chi connectivity index (χ0n) is 8.34. The first-order valence-corrected chi connectivity index (χ1v) is 5.45. The fourth-order valence-corrected chi connectivity index (χ4v) is 2.32. The van der Waals surface area contributed by atoms with Gasteiger partial charge in [0.2, 0.25) is 5.91 Å². The van der Waals surface area contributed by atoms with Crippen molar-refractivity contribution in [2.24, 2.45) is 0 Å².